The van der Waals surface area contributed by atoms with Crippen LogP contribution in [-0.2, 0) is 6.42 Å². The number of phenols is 1. The van der Waals surface area contributed by atoms with E-state index in [4.69, 9.17) is 0 Å². The Morgan fingerprint density at radius 1 is 1.00 bits per heavy atom. The van der Waals surface area contributed by atoms with E-state index >= 15 is 0 Å². The summed E-state index contributed by atoms with van der Waals surface area (Å²) in [6.07, 6.45) is 1.05. The Morgan fingerprint density at radius 2 is 1.80 bits per heavy atom. The van der Waals surface area contributed by atoms with Crippen molar-refractivity contribution >= 4 is 10.9 Å². The number of fused-ring (bicyclic) bond motifs is 3. The Labute approximate surface area is 117 Å². The van der Waals surface area contributed by atoms with E-state index in [1.165, 1.54) is 27.7 Å². The van der Waals surface area contributed by atoms with Crippen molar-refractivity contribution in [2.24, 2.45) is 0 Å². The van der Waals surface area contributed by atoms with Gasteiger partial charge in [0, 0.05) is 23.1 Å². The first-order valence-corrected chi connectivity index (χ1v) is 6.95. The first kappa shape index (κ1) is 11.6. The van der Waals surface area contributed by atoms with Crippen molar-refractivity contribution in [3.05, 3.63) is 65.4 Å². The van der Waals surface area contributed by atoms with Crippen LogP contribution in [0.2, 0.25) is 0 Å². The van der Waals surface area contributed by atoms with Crippen molar-refractivity contribution in [1.29, 1.82) is 0 Å². The maximum Gasteiger partial charge on any atom is 0.115 e. The summed E-state index contributed by atoms with van der Waals surface area (Å²) in [5.41, 5.74) is 5.04. The molecule has 1 aliphatic rings. The maximum absolute atomic E-state index is 9.44. The van der Waals surface area contributed by atoms with Gasteiger partial charge in [0.05, 0.1) is 6.04 Å². The van der Waals surface area contributed by atoms with Crippen LogP contribution in [0.15, 0.2) is 48.5 Å². The predicted molar refractivity (Wildman–Crippen MR) is 80.0 cm³/mol. The molecule has 1 aromatic heterocycles. The normalized spacial score (nSPS) is 18.1. The van der Waals surface area contributed by atoms with Gasteiger partial charge in [0.15, 0.2) is 0 Å². The van der Waals surface area contributed by atoms with Crippen molar-refractivity contribution in [1.82, 2.24) is 10.3 Å². The fraction of sp³-hybridized carbons (Fsp3) is 0.176. The second kappa shape index (κ2) is 4.39. The van der Waals surface area contributed by atoms with Gasteiger partial charge in [-0.05, 0) is 35.7 Å². The minimum Gasteiger partial charge on any atom is -0.508 e. The third kappa shape index (κ3) is 1.71. The summed E-state index contributed by atoms with van der Waals surface area (Å²) in [5, 5.41) is 14.3. The van der Waals surface area contributed by atoms with E-state index in [0.29, 0.717) is 5.75 Å². The van der Waals surface area contributed by atoms with Crippen molar-refractivity contribution in [3.63, 3.8) is 0 Å². The summed E-state index contributed by atoms with van der Waals surface area (Å²) in [7, 11) is 0. The molecule has 100 valence electrons. The minimum absolute atomic E-state index is 0.173. The Balaban J connectivity index is 1.87. The maximum atomic E-state index is 9.44. The molecule has 2 heterocycles. The molecule has 0 unspecified atom stereocenters. The average Bonchev–Trinajstić information content (AvgIpc) is 2.87. The van der Waals surface area contributed by atoms with Crippen LogP contribution >= 0.6 is 0 Å². The molecule has 3 heteroatoms. The predicted octanol–water partition coefficient (Wildman–Crippen LogP) is 3.11. The first-order chi connectivity index (χ1) is 9.83. The van der Waals surface area contributed by atoms with E-state index in [1.54, 1.807) is 12.1 Å². The molecule has 1 aliphatic heterocycles. The zero-order valence-electron chi connectivity index (χ0n) is 11.1. The van der Waals surface area contributed by atoms with Crippen LogP contribution in [0.5, 0.6) is 5.75 Å². The van der Waals surface area contributed by atoms with Crippen molar-refractivity contribution in [3.8, 4) is 5.75 Å². The summed E-state index contributed by atoms with van der Waals surface area (Å²) >= 11 is 0. The molecule has 3 nitrogen and oxygen atoms in total. The number of aromatic hydroxyl groups is 1. The molecule has 2 aromatic carbocycles. The quantitative estimate of drug-likeness (QED) is 0.632. The van der Waals surface area contributed by atoms with Crippen LogP contribution in [0.3, 0.4) is 0 Å². The molecule has 0 saturated heterocycles. The third-order valence-electron chi connectivity index (χ3n) is 4.09. The van der Waals surface area contributed by atoms with Crippen LogP contribution in [0.1, 0.15) is 22.9 Å². The molecule has 4 rings (SSSR count). The fourth-order valence-corrected chi connectivity index (χ4v) is 3.13. The van der Waals surface area contributed by atoms with Crippen LogP contribution < -0.4 is 5.32 Å². The van der Waals surface area contributed by atoms with Gasteiger partial charge in [-0.15, -0.1) is 0 Å². The average molecular weight is 264 g/mol. The highest BCUT2D eigenvalue weighted by Gasteiger charge is 2.24. The lowest BCUT2D eigenvalue weighted by Gasteiger charge is -2.24. The van der Waals surface area contributed by atoms with Gasteiger partial charge < -0.3 is 15.4 Å². The largest absolute Gasteiger partial charge is 0.508 e. The Hall–Kier alpha value is -2.26. The third-order valence-corrected chi connectivity index (χ3v) is 4.09. The lowest BCUT2D eigenvalue weighted by atomic mass is 9.94. The molecule has 0 aliphatic carbocycles. The van der Waals surface area contributed by atoms with E-state index in [2.05, 4.69) is 34.6 Å². The number of phenolic OH excluding ortho intramolecular Hbond substituents is 1. The molecular weight excluding hydrogens is 248 g/mol. The van der Waals surface area contributed by atoms with E-state index in [-0.39, 0.29) is 6.04 Å². The van der Waals surface area contributed by atoms with Gasteiger partial charge in [-0.1, -0.05) is 30.3 Å². The molecule has 0 saturated carbocycles. The van der Waals surface area contributed by atoms with E-state index in [0.717, 1.165) is 13.0 Å². The Bertz CT molecular complexity index is 758. The number of nitrogens with one attached hydrogen (secondary N) is 2. The molecule has 0 bridgehead atoms. The SMILES string of the molecule is Oc1ccc([C@H]2NCCc3c2[nH]c2ccccc32)cc1. The zero-order valence-corrected chi connectivity index (χ0v) is 11.1. The van der Waals surface area contributed by atoms with Gasteiger partial charge in [0.25, 0.3) is 0 Å². The second-order valence-corrected chi connectivity index (χ2v) is 5.29. The Kier molecular flexibility index (Phi) is 2.54. The molecular formula is C17H16N2O. The first-order valence-electron chi connectivity index (χ1n) is 6.95. The van der Waals surface area contributed by atoms with Gasteiger partial charge in [0.2, 0.25) is 0 Å². The van der Waals surface area contributed by atoms with Gasteiger partial charge in [-0.25, -0.2) is 0 Å². The van der Waals surface area contributed by atoms with E-state index < -0.39 is 0 Å². The van der Waals surface area contributed by atoms with Crippen LogP contribution in [0.25, 0.3) is 10.9 Å². The number of aromatic amines is 1. The van der Waals surface area contributed by atoms with Gasteiger partial charge >= 0.3 is 0 Å². The summed E-state index contributed by atoms with van der Waals surface area (Å²) in [6, 6.07) is 16.1. The number of aromatic nitrogens is 1. The van der Waals surface area contributed by atoms with E-state index in [1.807, 2.05) is 12.1 Å². The molecule has 0 fully saturated rings. The monoisotopic (exact) mass is 264 g/mol. The highest BCUT2D eigenvalue weighted by molar-refractivity contribution is 5.85. The number of rotatable bonds is 1. The highest BCUT2D eigenvalue weighted by atomic mass is 16.3. The van der Waals surface area contributed by atoms with Crippen LogP contribution in [0, 0.1) is 0 Å². The van der Waals surface area contributed by atoms with Crippen LogP contribution in [-0.4, -0.2) is 16.6 Å². The van der Waals surface area contributed by atoms with Gasteiger partial charge in [0.1, 0.15) is 5.75 Å². The summed E-state index contributed by atoms with van der Waals surface area (Å²) in [5.74, 6) is 0.307. The molecule has 3 N–H and O–H groups in total. The lowest BCUT2D eigenvalue weighted by Crippen LogP contribution is -2.30. The zero-order chi connectivity index (χ0) is 13.5. The molecule has 1 atom stereocenters. The molecule has 3 aromatic rings. The molecule has 0 amide bonds. The van der Waals surface area contributed by atoms with E-state index in [9.17, 15) is 5.11 Å². The topological polar surface area (TPSA) is 48.0 Å². The number of H-pyrrole nitrogens is 1. The Morgan fingerprint density at radius 3 is 2.65 bits per heavy atom. The van der Waals surface area contributed by atoms with Gasteiger partial charge in [-0.2, -0.15) is 0 Å². The standard InChI is InChI=1S/C17H16N2O/c20-12-7-5-11(6-8-12)16-17-14(9-10-18-16)13-3-1-2-4-15(13)19-17/h1-8,16,18-20H,9-10H2/t16-/m1/s1. The molecule has 20 heavy (non-hydrogen) atoms. The van der Waals surface area contributed by atoms with Crippen molar-refractivity contribution in [2.75, 3.05) is 6.54 Å². The fourth-order valence-electron chi connectivity index (χ4n) is 3.13. The molecule has 0 spiro atoms. The summed E-state index contributed by atoms with van der Waals surface area (Å²) in [4.78, 5) is 3.55. The number of hydrogen-bond acceptors (Lipinski definition) is 2. The second-order valence-electron chi connectivity index (χ2n) is 5.29. The number of benzene rings is 2. The summed E-state index contributed by atoms with van der Waals surface area (Å²) in [6.45, 7) is 0.973. The van der Waals surface area contributed by atoms with Crippen molar-refractivity contribution < 1.29 is 5.11 Å². The highest BCUT2D eigenvalue weighted by Crippen LogP contribution is 2.33. The lowest BCUT2D eigenvalue weighted by molar-refractivity contribution is 0.474. The van der Waals surface area contributed by atoms with Crippen LogP contribution in [0.4, 0.5) is 0 Å². The number of hydrogen-bond donors (Lipinski definition) is 3. The minimum atomic E-state index is 0.173. The van der Waals surface area contributed by atoms with Gasteiger partial charge in [-0.3, -0.25) is 0 Å². The molecule has 0 radical (unpaired) electrons. The summed E-state index contributed by atoms with van der Waals surface area (Å²) < 4.78 is 0. The van der Waals surface area contributed by atoms with Crippen molar-refractivity contribution in [2.45, 2.75) is 12.5 Å². The number of para-hydroxylation sites is 1. The smallest absolute Gasteiger partial charge is 0.115 e.